The molecule has 0 spiro atoms. The zero-order valence-electron chi connectivity index (χ0n) is 11.3. The summed E-state index contributed by atoms with van der Waals surface area (Å²) in [6.07, 6.45) is 0. The van der Waals surface area contributed by atoms with E-state index in [9.17, 15) is 10.1 Å². The van der Waals surface area contributed by atoms with Crippen molar-refractivity contribution >= 4 is 22.9 Å². The molecule has 1 N–H and O–H groups in total. The molecule has 0 saturated carbocycles. The van der Waals surface area contributed by atoms with E-state index in [4.69, 9.17) is 0 Å². The first-order valence-corrected chi connectivity index (χ1v) is 6.37. The molecule has 0 unspecified atom stereocenters. The Morgan fingerprint density at radius 2 is 1.76 bits per heavy atom. The van der Waals surface area contributed by atoms with Crippen LogP contribution in [0.2, 0.25) is 0 Å². The molecule has 0 radical (unpaired) electrons. The predicted molar refractivity (Wildman–Crippen MR) is 80.7 cm³/mol. The fourth-order valence-corrected chi connectivity index (χ4v) is 2.10. The highest BCUT2D eigenvalue weighted by Crippen LogP contribution is 2.31. The second kappa shape index (κ2) is 5.12. The van der Waals surface area contributed by atoms with E-state index in [0.717, 1.165) is 5.69 Å². The molecule has 7 heteroatoms. The van der Waals surface area contributed by atoms with Crippen LogP contribution in [0.1, 0.15) is 6.92 Å². The minimum atomic E-state index is -0.409. The lowest BCUT2D eigenvalue weighted by Crippen LogP contribution is -2.44. The largest absolute Gasteiger partial charge is 0.296 e. The molecule has 1 aliphatic heterocycles. The zero-order chi connectivity index (χ0) is 14.8. The summed E-state index contributed by atoms with van der Waals surface area (Å²) < 4.78 is 0. The van der Waals surface area contributed by atoms with Crippen LogP contribution >= 0.6 is 0 Å². The van der Waals surface area contributed by atoms with Gasteiger partial charge in [0.05, 0.1) is 10.6 Å². The zero-order valence-corrected chi connectivity index (χ0v) is 11.3. The lowest BCUT2D eigenvalue weighted by Gasteiger charge is -2.27. The fraction of sp³-hybridized carbons (Fsp3) is 0.0714. The lowest BCUT2D eigenvalue weighted by molar-refractivity contribution is -0.384. The predicted octanol–water partition coefficient (Wildman–Crippen LogP) is 2.67. The summed E-state index contributed by atoms with van der Waals surface area (Å²) in [7, 11) is 0. The standard InChI is InChI=1S/C14H13N5O2/c1-11-15-17(12-7-3-2-4-8-12)18(16-11)13-9-5-6-10-14(13)19(20)21/h2-10H,1H3,(H,15,16). The van der Waals surface area contributed by atoms with Gasteiger partial charge in [0.15, 0.2) is 5.69 Å². The number of hydrogen-bond donors (Lipinski definition) is 1. The quantitative estimate of drug-likeness (QED) is 0.692. The van der Waals surface area contributed by atoms with Crippen molar-refractivity contribution in [2.24, 2.45) is 5.10 Å². The Morgan fingerprint density at radius 3 is 2.48 bits per heavy atom. The number of rotatable bonds is 3. The summed E-state index contributed by atoms with van der Waals surface area (Å²) in [6.45, 7) is 1.80. The van der Waals surface area contributed by atoms with Crippen LogP contribution in [0.15, 0.2) is 59.7 Å². The highest BCUT2D eigenvalue weighted by atomic mass is 16.6. The Balaban J connectivity index is 2.04. The van der Waals surface area contributed by atoms with Crippen LogP contribution in [0.5, 0.6) is 0 Å². The number of nitrogens with zero attached hydrogens (tertiary/aromatic N) is 4. The van der Waals surface area contributed by atoms with E-state index in [1.54, 1.807) is 35.4 Å². The van der Waals surface area contributed by atoms with Crippen molar-refractivity contribution in [3.63, 3.8) is 0 Å². The van der Waals surface area contributed by atoms with Crippen LogP contribution in [0, 0.1) is 10.1 Å². The van der Waals surface area contributed by atoms with Gasteiger partial charge in [-0.05, 0) is 25.1 Å². The van der Waals surface area contributed by atoms with Gasteiger partial charge >= 0.3 is 0 Å². The third kappa shape index (κ3) is 2.36. The molecule has 0 atom stereocenters. The van der Waals surface area contributed by atoms with E-state index in [1.165, 1.54) is 6.07 Å². The van der Waals surface area contributed by atoms with Crippen LogP contribution in [-0.4, -0.2) is 10.8 Å². The van der Waals surface area contributed by atoms with Crippen LogP contribution in [0.3, 0.4) is 0 Å². The average Bonchev–Trinajstić information content (AvgIpc) is 2.90. The fourth-order valence-electron chi connectivity index (χ4n) is 2.10. The Kier molecular flexibility index (Phi) is 3.15. The van der Waals surface area contributed by atoms with E-state index >= 15 is 0 Å². The third-order valence-electron chi connectivity index (χ3n) is 3.00. The highest BCUT2D eigenvalue weighted by molar-refractivity contribution is 5.87. The summed E-state index contributed by atoms with van der Waals surface area (Å²) in [5, 5.41) is 18.7. The summed E-state index contributed by atoms with van der Waals surface area (Å²) in [5.41, 5.74) is 4.26. The minimum Gasteiger partial charge on any atom is -0.263 e. The van der Waals surface area contributed by atoms with E-state index in [0.29, 0.717) is 11.5 Å². The number of amidine groups is 1. The molecule has 0 saturated heterocycles. The van der Waals surface area contributed by atoms with Gasteiger partial charge in [-0.25, -0.2) is 0 Å². The second-order valence-corrected chi connectivity index (χ2v) is 4.48. The molecule has 1 aliphatic rings. The summed E-state index contributed by atoms with van der Waals surface area (Å²) in [5.74, 6) is 0.650. The normalized spacial score (nSPS) is 13.9. The van der Waals surface area contributed by atoms with E-state index in [1.807, 2.05) is 30.3 Å². The Hall–Kier alpha value is -3.09. The van der Waals surface area contributed by atoms with Gasteiger partial charge in [0.1, 0.15) is 5.84 Å². The number of hydrogen-bond acceptors (Lipinski definition) is 6. The van der Waals surface area contributed by atoms with Crippen molar-refractivity contribution in [2.75, 3.05) is 10.2 Å². The van der Waals surface area contributed by atoms with Gasteiger partial charge in [0.25, 0.3) is 5.69 Å². The average molecular weight is 283 g/mol. The van der Waals surface area contributed by atoms with Crippen LogP contribution in [0.4, 0.5) is 17.1 Å². The van der Waals surface area contributed by atoms with Gasteiger partial charge < -0.3 is 0 Å². The highest BCUT2D eigenvalue weighted by Gasteiger charge is 2.28. The number of nitrogens with one attached hydrogen (secondary N) is 1. The van der Waals surface area contributed by atoms with Crippen molar-refractivity contribution in [1.29, 1.82) is 0 Å². The molecule has 2 aromatic carbocycles. The molecule has 1 heterocycles. The Bertz CT molecular complexity index is 702. The minimum absolute atomic E-state index is 0.0100. The first-order chi connectivity index (χ1) is 10.2. The Labute approximate surface area is 121 Å². The number of hydrazone groups is 1. The van der Waals surface area contributed by atoms with Gasteiger partial charge in [-0.3, -0.25) is 15.5 Å². The van der Waals surface area contributed by atoms with Gasteiger partial charge in [-0.1, -0.05) is 30.3 Å². The van der Waals surface area contributed by atoms with Crippen molar-refractivity contribution in [1.82, 2.24) is 5.43 Å². The van der Waals surface area contributed by atoms with E-state index in [-0.39, 0.29) is 5.69 Å². The molecular formula is C14H13N5O2. The number of benzene rings is 2. The molecule has 0 aliphatic carbocycles. The first kappa shape index (κ1) is 12.9. The van der Waals surface area contributed by atoms with Crippen LogP contribution < -0.4 is 15.7 Å². The number of nitro benzene ring substituents is 1. The number of anilines is 2. The first-order valence-electron chi connectivity index (χ1n) is 6.37. The summed E-state index contributed by atoms with van der Waals surface area (Å²) in [6, 6.07) is 16.0. The number of hydrazine groups is 2. The molecular weight excluding hydrogens is 270 g/mol. The van der Waals surface area contributed by atoms with E-state index in [2.05, 4.69) is 10.5 Å². The van der Waals surface area contributed by atoms with E-state index < -0.39 is 4.92 Å². The molecule has 0 amide bonds. The maximum atomic E-state index is 11.2. The second-order valence-electron chi connectivity index (χ2n) is 4.48. The van der Waals surface area contributed by atoms with Crippen molar-refractivity contribution in [3.8, 4) is 0 Å². The topological polar surface area (TPSA) is 74.0 Å². The van der Waals surface area contributed by atoms with Crippen LogP contribution in [-0.2, 0) is 0 Å². The number of nitro groups is 1. The maximum Gasteiger partial charge on any atom is 0.296 e. The molecule has 0 fully saturated rings. The van der Waals surface area contributed by atoms with Gasteiger partial charge in [0, 0.05) is 6.07 Å². The molecule has 7 nitrogen and oxygen atoms in total. The van der Waals surface area contributed by atoms with Gasteiger partial charge in [-0.2, -0.15) is 10.2 Å². The summed E-state index contributed by atoms with van der Waals surface area (Å²) >= 11 is 0. The monoisotopic (exact) mass is 283 g/mol. The molecule has 0 aromatic heterocycles. The molecule has 2 aromatic rings. The van der Waals surface area contributed by atoms with Gasteiger partial charge in [0.2, 0.25) is 0 Å². The molecule has 3 rings (SSSR count). The smallest absolute Gasteiger partial charge is 0.263 e. The lowest BCUT2D eigenvalue weighted by atomic mass is 10.2. The van der Waals surface area contributed by atoms with Crippen molar-refractivity contribution in [3.05, 3.63) is 64.7 Å². The molecule has 21 heavy (non-hydrogen) atoms. The SMILES string of the molecule is CC1=NN(c2ccccc2)N(c2ccccc2[N+](=O)[O-])N1. The third-order valence-corrected chi connectivity index (χ3v) is 3.00. The van der Waals surface area contributed by atoms with Crippen molar-refractivity contribution in [2.45, 2.75) is 6.92 Å². The molecule has 0 bridgehead atoms. The molecule has 106 valence electrons. The van der Waals surface area contributed by atoms with Gasteiger partial charge in [-0.15, -0.1) is 5.10 Å². The number of para-hydroxylation sites is 3. The maximum absolute atomic E-state index is 11.2. The van der Waals surface area contributed by atoms with Crippen molar-refractivity contribution < 1.29 is 4.92 Å². The summed E-state index contributed by atoms with van der Waals surface area (Å²) in [4.78, 5) is 10.8. The van der Waals surface area contributed by atoms with Crippen LogP contribution in [0.25, 0.3) is 0 Å². The Morgan fingerprint density at radius 1 is 1.10 bits per heavy atom.